The van der Waals surface area contributed by atoms with Crippen molar-refractivity contribution in [3.05, 3.63) is 47.2 Å². The summed E-state index contributed by atoms with van der Waals surface area (Å²) in [7, 11) is 3.46. The van der Waals surface area contributed by atoms with Gasteiger partial charge in [0.05, 0.1) is 23.8 Å². The molecular weight excluding hydrogens is 406 g/mol. The monoisotopic (exact) mass is 435 g/mol. The number of piperazine rings is 1. The number of anilines is 2. The molecule has 0 spiro atoms. The predicted octanol–water partition coefficient (Wildman–Crippen LogP) is 1.59. The first kappa shape index (κ1) is 21.9. The van der Waals surface area contributed by atoms with Crippen LogP contribution in [0.3, 0.4) is 0 Å². The first-order valence-electron chi connectivity index (χ1n) is 11.0. The van der Waals surface area contributed by atoms with Crippen LogP contribution >= 0.6 is 0 Å². The van der Waals surface area contributed by atoms with Crippen molar-refractivity contribution >= 4 is 29.8 Å². The number of nitrogens with one attached hydrogen (secondary N) is 2. The molecule has 0 radical (unpaired) electrons. The molecule has 9 heteroatoms. The molecule has 1 saturated carbocycles. The molecule has 1 amide bonds. The molecule has 0 unspecified atom stereocenters. The van der Waals surface area contributed by atoms with Crippen molar-refractivity contribution in [2.24, 2.45) is 5.92 Å². The molecule has 0 bridgehead atoms. The molecular formula is C23H29N7O2. The molecule has 32 heavy (non-hydrogen) atoms. The first-order chi connectivity index (χ1) is 15.6. The van der Waals surface area contributed by atoms with Gasteiger partial charge in [0.1, 0.15) is 17.8 Å². The zero-order chi connectivity index (χ0) is 22.5. The normalized spacial score (nSPS) is 17.2. The van der Waals surface area contributed by atoms with Crippen molar-refractivity contribution < 1.29 is 9.59 Å². The fraction of sp³-hybridized carbons (Fsp3) is 0.435. The minimum Gasteiger partial charge on any atom is -0.386 e. The standard InChI is InChI=1S/C23H29N7O2/c1-24-19-9-16(11-26-20(19)10-18(15-31)17-3-4-17)14-29-5-7-30(8-6-29)22-13-27-21(12-28-22)23(32)25-2/h9-13,15,17,24H,3-8,14H2,1-2H3,(H,25,32)/b18-10+. The Morgan fingerprint density at radius 3 is 2.47 bits per heavy atom. The highest BCUT2D eigenvalue weighted by atomic mass is 16.1. The number of rotatable bonds is 8. The molecule has 2 N–H and O–H groups in total. The van der Waals surface area contributed by atoms with Crippen molar-refractivity contribution in [2.45, 2.75) is 19.4 Å². The third-order valence-electron chi connectivity index (χ3n) is 5.93. The smallest absolute Gasteiger partial charge is 0.271 e. The van der Waals surface area contributed by atoms with Crippen LogP contribution in [0.5, 0.6) is 0 Å². The maximum atomic E-state index is 11.6. The highest BCUT2D eigenvalue weighted by molar-refractivity contribution is 5.91. The third kappa shape index (κ3) is 5.11. The SMILES string of the molecule is CNC(=O)c1cnc(N2CCN(Cc3cnc(/C=C(\C=O)C4CC4)c(NC)c3)CC2)cn1. The van der Waals surface area contributed by atoms with Gasteiger partial charge in [-0.3, -0.25) is 19.5 Å². The number of amides is 1. The predicted molar refractivity (Wildman–Crippen MR) is 123 cm³/mol. The summed E-state index contributed by atoms with van der Waals surface area (Å²) < 4.78 is 0. The van der Waals surface area contributed by atoms with E-state index in [9.17, 15) is 9.59 Å². The van der Waals surface area contributed by atoms with Crippen LogP contribution < -0.4 is 15.5 Å². The van der Waals surface area contributed by atoms with E-state index in [2.05, 4.69) is 41.5 Å². The van der Waals surface area contributed by atoms with Gasteiger partial charge in [-0.25, -0.2) is 9.97 Å². The van der Waals surface area contributed by atoms with Gasteiger partial charge in [0.25, 0.3) is 5.91 Å². The number of nitrogens with zero attached hydrogens (tertiary/aromatic N) is 5. The van der Waals surface area contributed by atoms with Crippen molar-refractivity contribution in [3.8, 4) is 0 Å². The van der Waals surface area contributed by atoms with E-state index in [4.69, 9.17) is 0 Å². The maximum absolute atomic E-state index is 11.6. The van der Waals surface area contributed by atoms with E-state index in [1.807, 2.05) is 19.3 Å². The molecule has 2 aromatic rings. The van der Waals surface area contributed by atoms with E-state index in [0.717, 1.165) is 80.2 Å². The van der Waals surface area contributed by atoms with Gasteiger partial charge in [-0.2, -0.15) is 0 Å². The maximum Gasteiger partial charge on any atom is 0.271 e. The van der Waals surface area contributed by atoms with Crippen LogP contribution in [-0.4, -0.2) is 72.3 Å². The topological polar surface area (TPSA) is 103 Å². The van der Waals surface area contributed by atoms with Crippen molar-refractivity contribution in [2.75, 3.05) is 50.5 Å². The van der Waals surface area contributed by atoms with Gasteiger partial charge < -0.3 is 15.5 Å². The van der Waals surface area contributed by atoms with Gasteiger partial charge in [-0.15, -0.1) is 0 Å². The molecule has 2 aliphatic rings. The molecule has 2 aromatic heterocycles. The molecule has 2 fully saturated rings. The zero-order valence-corrected chi connectivity index (χ0v) is 18.5. The Kier molecular flexibility index (Phi) is 6.75. The van der Waals surface area contributed by atoms with Crippen molar-refractivity contribution in [3.63, 3.8) is 0 Å². The zero-order valence-electron chi connectivity index (χ0n) is 18.5. The summed E-state index contributed by atoms with van der Waals surface area (Å²) in [6, 6.07) is 2.11. The van der Waals surface area contributed by atoms with Gasteiger partial charge in [-0.1, -0.05) is 0 Å². The van der Waals surface area contributed by atoms with Crippen LogP contribution in [0.2, 0.25) is 0 Å². The Morgan fingerprint density at radius 1 is 1.09 bits per heavy atom. The fourth-order valence-electron chi connectivity index (χ4n) is 3.87. The molecule has 1 aliphatic heterocycles. The number of carbonyl (C=O) groups is 2. The van der Waals surface area contributed by atoms with Gasteiger partial charge >= 0.3 is 0 Å². The van der Waals surface area contributed by atoms with E-state index < -0.39 is 0 Å². The summed E-state index contributed by atoms with van der Waals surface area (Å²) in [4.78, 5) is 40.8. The summed E-state index contributed by atoms with van der Waals surface area (Å²) in [6.45, 7) is 4.28. The van der Waals surface area contributed by atoms with E-state index in [1.165, 1.54) is 6.20 Å². The number of carbonyl (C=O) groups excluding carboxylic acids is 2. The molecule has 1 aliphatic carbocycles. The molecule has 4 rings (SSSR count). The van der Waals surface area contributed by atoms with Crippen LogP contribution in [-0.2, 0) is 11.3 Å². The van der Waals surface area contributed by atoms with Crippen LogP contribution in [0.4, 0.5) is 11.5 Å². The lowest BCUT2D eigenvalue weighted by Crippen LogP contribution is -2.46. The molecule has 0 atom stereocenters. The van der Waals surface area contributed by atoms with Gasteiger partial charge in [0.15, 0.2) is 0 Å². The third-order valence-corrected chi connectivity index (χ3v) is 5.93. The Balaban J connectivity index is 1.35. The van der Waals surface area contributed by atoms with Crippen LogP contribution in [0.1, 0.15) is 34.6 Å². The molecule has 168 valence electrons. The average Bonchev–Trinajstić information content (AvgIpc) is 3.68. The molecule has 0 aromatic carbocycles. The van der Waals surface area contributed by atoms with Crippen LogP contribution in [0, 0.1) is 5.92 Å². The fourth-order valence-corrected chi connectivity index (χ4v) is 3.87. The Morgan fingerprint density at radius 2 is 1.88 bits per heavy atom. The second-order valence-electron chi connectivity index (χ2n) is 8.16. The average molecular weight is 436 g/mol. The van der Waals surface area contributed by atoms with Crippen molar-refractivity contribution in [1.82, 2.24) is 25.2 Å². The van der Waals surface area contributed by atoms with E-state index >= 15 is 0 Å². The van der Waals surface area contributed by atoms with Crippen LogP contribution in [0.25, 0.3) is 6.08 Å². The summed E-state index contributed by atoms with van der Waals surface area (Å²) in [5, 5.41) is 5.76. The Labute approximate surface area is 187 Å². The number of aldehydes is 1. The highest BCUT2D eigenvalue weighted by Gasteiger charge is 2.26. The second kappa shape index (κ2) is 9.86. The lowest BCUT2D eigenvalue weighted by atomic mass is 10.1. The van der Waals surface area contributed by atoms with Crippen LogP contribution in [0.15, 0.2) is 30.2 Å². The van der Waals surface area contributed by atoms with E-state index in [1.54, 1.807) is 13.2 Å². The number of allylic oxidation sites excluding steroid dienone is 1. The lowest BCUT2D eigenvalue weighted by molar-refractivity contribution is -0.105. The molecule has 3 heterocycles. The highest BCUT2D eigenvalue weighted by Crippen LogP contribution is 2.36. The van der Waals surface area contributed by atoms with E-state index in [0.29, 0.717) is 11.6 Å². The number of hydrogen-bond donors (Lipinski definition) is 2. The summed E-state index contributed by atoms with van der Waals surface area (Å²) in [5.41, 5.74) is 4.04. The van der Waals surface area contributed by atoms with E-state index in [-0.39, 0.29) is 5.91 Å². The summed E-state index contributed by atoms with van der Waals surface area (Å²) >= 11 is 0. The Hall–Kier alpha value is -3.33. The van der Waals surface area contributed by atoms with Gasteiger partial charge in [-0.05, 0) is 42.0 Å². The quantitative estimate of drug-likeness (QED) is 0.476. The Bertz CT molecular complexity index is 994. The van der Waals surface area contributed by atoms with Gasteiger partial charge in [0.2, 0.25) is 0 Å². The van der Waals surface area contributed by atoms with Crippen molar-refractivity contribution in [1.29, 1.82) is 0 Å². The summed E-state index contributed by atoms with van der Waals surface area (Å²) in [6.07, 6.45) is 10.1. The van der Waals surface area contributed by atoms with Gasteiger partial charge in [0, 0.05) is 53.0 Å². The largest absolute Gasteiger partial charge is 0.386 e. The number of aromatic nitrogens is 3. The second-order valence-corrected chi connectivity index (χ2v) is 8.16. The minimum absolute atomic E-state index is 0.236. The molecule has 1 saturated heterocycles. The number of pyridine rings is 1. The lowest BCUT2D eigenvalue weighted by Gasteiger charge is -2.35. The molecule has 9 nitrogen and oxygen atoms in total. The first-order valence-corrected chi connectivity index (χ1v) is 11.0. The summed E-state index contributed by atoms with van der Waals surface area (Å²) in [5.74, 6) is 0.953. The minimum atomic E-state index is -0.236. The number of hydrogen-bond acceptors (Lipinski definition) is 8.